The molecule has 2 saturated heterocycles. The van der Waals surface area contributed by atoms with Crippen molar-refractivity contribution in [2.75, 3.05) is 49.2 Å². The fourth-order valence-corrected chi connectivity index (χ4v) is 12.5. The summed E-state index contributed by atoms with van der Waals surface area (Å²) in [5.74, 6) is 0. The fraction of sp³-hybridized carbons (Fsp3) is 0.394. The zero-order valence-electron chi connectivity index (χ0n) is 24.5. The maximum absolute atomic E-state index is 7.68. The van der Waals surface area contributed by atoms with E-state index < -0.39 is 11.9 Å². The normalized spacial score (nSPS) is 17.1. The molecular formula is C33H41Cl2N3ORu. The van der Waals surface area contributed by atoms with Gasteiger partial charge in [-0.2, -0.15) is 0 Å². The monoisotopic (exact) mass is 667 g/mol. The summed E-state index contributed by atoms with van der Waals surface area (Å²) in [6.45, 7) is 19.1. The second-order valence-electron chi connectivity index (χ2n) is 11.2. The van der Waals surface area contributed by atoms with Crippen LogP contribution in [0.3, 0.4) is 0 Å². The van der Waals surface area contributed by atoms with Gasteiger partial charge in [-0.15, -0.1) is 0 Å². The third-order valence-electron chi connectivity index (χ3n) is 7.79. The molecule has 0 bridgehead atoms. The number of aryl methyl sites for hydroxylation is 6. The first-order valence-corrected chi connectivity index (χ1v) is 20.3. The topological polar surface area (TPSA) is 19.0 Å². The second-order valence-corrected chi connectivity index (χ2v) is 20.4. The number of benzene rings is 3. The van der Waals surface area contributed by atoms with E-state index >= 15 is 0 Å². The Morgan fingerprint density at radius 1 is 0.725 bits per heavy atom. The first-order valence-electron chi connectivity index (χ1n) is 14.0. The van der Waals surface area contributed by atoms with Crippen LogP contribution in [-0.4, -0.2) is 53.3 Å². The molecule has 2 aliphatic rings. The van der Waals surface area contributed by atoms with Crippen LogP contribution in [0.15, 0.2) is 48.5 Å². The number of rotatable bonds is 5. The van der Waals surface area contributed by atoms with Crippen LogP contribution in [0.4, 0.5) is 11.4 Å². The van der Waals surface area contributed by atoms with E-state index in [1.807, 2.05) is 0 Å². The fourth-order valence-electron chi connectivity index (χ4n) is 6.34. The summed E-state index contributed by atoms with van der Waals surface area (Å²) in [5, 5.41) is 0. The van der Waals surface area contributed by atoms with E-state index in [4.69, 9.17) is 24.1 Å². The first-order chi connectivity index (χ1) is 19.0. The number of anilines is 2. The molecule has 2 fully saturated rings. The Kier molecular flexibility index (Phi) is 9.00. The summed E-state index contributed by atoms with van der Waals surface area (Å²) >= 11 is -3.60. The molecule has 0 atom stereocenters. The van der Waals surface area contributed by atoms with Crippen LogP contribution in [0.25, 0.3) is 0 Å². The molecule has 0 radical (unpaired) electrons. The maximum atomic E-state index is 7.68. The molecule has 3 aromatic carbocycles. The summed E-state index contributed by atoms with van der Waals surface area (Å²) in [6.07, 6.45) is 0. The van der Waals surface area contributed by atoms with Gasteiger partial charge >= 0.3 is 252 Å². The van der Waals surface area contributed by atoms with Crippen molar-refractivity contribution in [3.63, 3.8) is 0 Å². The van der Waals surface area contributed by atoms with E-state index in [1.54, 1.807) is 0 Å². The molecule has 7 heteroatoms. The Bertz CT molecular complexity index is 1430. The van der Waals surface area contributed by atoms with Crippen LogP contribution in [0.5, 0.6) is 0 Å². The molecule has 2 aliphatic heterocycles. The van der Waals surface area contributed by atoms with Crippen LogP contribution >= 0.6 is 19.4 Å². The minimum atomic E-state index is -3.60. The molecule has 0 saturated carbocycles. The molecular weight excluding hydrogens is 626 g/mol. The summed E-state index contributed by atoms with van der Waals surface area (Å²) in [7, 11) is 15.4. The van der Waals surface area contributed by atoms with Crippen molar-refractivity contribution in [1.82, 2.24) is 4.90 Å². The third kappa shape index (κ3) is 6.15. The number of halogens is 2. The third-order valence-corrected chi connectivity index (χ3v) is 13.3. The van der Waals surface area contributed by atoms with Gasteiger partial charge in [0.05, 0.1) is 0 Å². The predicted molar refractivity (Wildman–Crippen MR) is 170 cm³/mol. The van der Waals surface area contributed by atoms with Crippen molar-refractivity contribution in [2.45, 2.75) is 48.1 Å². The molecule has 4 nitrogen and oxygen atoms in total. The van der Waals surface area contributed by atoms with Gasteiger partial charge in [0.2, 0.25) is 0 Å². The van der Waals surface area contributed by atoms with Crippen LogP contribution in [0, 0.1) is 41.5 Å². The summed E-state index contributed by atoms with van der Waals surface area (Å²) in [5.41, 5.74) is 12.4. The van der Waals surface area contributed by atoms with Crippen LogP contribution < -0.4 is 9.80 Å². The Labute approximate surface area is 250 Å². The van der Waals surface area contributed by atoms with E-state index in [9.17, 15) is 0 Å². The van der Waals surface area contributed by atoms with Gasteiger partial charge in [-0.05, 0) is 0 Å². The zero-order valence-corrected chi connectivity index (χ0v) is 27.8. The zero-order chi connectivity index (χ0) is 28.6. The van der Waals surface area contributed by atoms with Crippen molar-refractivity contribution in [3.05, 3.63) is 93.0 Å². The molecule has 2 heterocycles. The standard InChI is InChI=1S/C21H26N2.C12H15NO.2ClH.Ru/c1-14-9-16(3)20(17(4)10-14)22-7-8-23(13-22)21-18(5)11-15(2)12-19(21)6;1-11-4-2-3-5-12(11)10-13-6-8-14-9-7-13;;;/h9-12H,7-8H2,1-6H3;1-5H,6-10H2;2*1H;/q;;;;+2/p-2. The van der Waals surface area contributed by atoms with Crippen LogP contribution in [0.2, 0.25) is 0 Å². The molecule has 0 N–H and O–H groups in total. The van der Waals surface area contributed by atoms with Gasteiger partial charge in [0.1, 0.15) is 0 Å². The van der Waals surface area contributed by atoms with Gasteiger partial charge in [-0.3, -0.25) is 0 Å². The van der Waals surface area contributed by atoms with E-state index in [0.29, 0.717) is 0 Å². The Hall–Kier alpha value is -1.88. The van der Waals surface area contributed by atoms with Gasteiger partial charge in [-0.25, -0.2) is 0 Å². The van der Waals surface area contributed by atoms with Gasteiger partial charge in [0.15, 0.2) is 0 Å². The Balaban J connectivity index is 1.72. The summed E-state index contributed by atoms with van der Waals surface area (Å²) < 4.78 is 8.86. The second kappa shape index (κ2) is 12.2. The van der Waals surface area contributed by atoms with Crippen molar-refractivity contribution < 1.29 is 16.6 Å². The van der Waals surface area contributed by atoms with Crippen molar-refractivity contribution in [3.8, 4) is 0 Å². The van der Waals surface area contributed by atoms with E-state index in [2.05, 4.69) is 109 Å². The molecule has 0 spiro atoms. The number of hydrogen-bond donors (Lipinski definition) is 0. The predicted octanol–water partition coefficient (Wildman–Crippen LogP) is 7.10. The van der Waals surface area contributed by atoms with E-state index in [1.165, 1.54) is 50.3 Å². The molecule has 0 amide bonds. The Morgan fingerprint density at radius 2 is 1.20 bits per heavy atom. The average Bonchev–Trinajstić information content (AvgIpc) is 3.29. The number of morpholine rings is 1. The molecule has 0 aromatic heterocycles. The van der Waals surface area contributed by atoms with Gasteiger partial charge < -0.3 is 0 Å². The minimum absolute atomic E-state index is 0.782. The van der Waals surface area contributed by atoms with Crippen LogP contribution in [0.1, 0.15) is 44.5 Å². The molecule has 3 aromatic rings. The first kappa shape index (κ1) is 29.6. The number of nitrogens with zero attached hydrogens (tertiary/aromatic N) is 3. The molecule has 40 heavy (non-hydrogen) atoms. The van der Waals surface area contributed by atoms with Gasteiger partial charge in [0.25, 0.3) is 0 Å². The SMILES string of the molecule is Cc1cc(C)c(N2CCN(c3c(C)cc(C)cc3C)[C]2=[Ru]([Cl])([Cl])=[CH]c2ccccc2CN2CCOCC2)c(C)c1. The summed E-state index contributed by atoms with van der Waals surface area (Å²) in [6, 6.07) is 17.6. The molecule has 0 unspecified atom stereocenters. The van der Waals surface area contributed by atoms with Crippen molar-refractivity contribution >= 4 is 39.7 Å². The van der Waals surface area contributed by atoms with Gasteiger partial charge in [-0.1, -0.05) is 0 Å². The van der Waals surface area contributed by atoms with E-state index in [0.717, 1.165) is 55.9 Å². The quantitative estimate of drug-likeness (QED) is 0.271. The van der Waals surface area contributed by atoms with Crippen LogP contribution in [-0.2, 0) is 23.2 Å². The number of ether oxygens (including phenoxy) is 1. The Morgan fingerprint density at radius 3 is 1.70 bits per heavy atom. The molecule has 216 valence electrons. The van der Waals surface area contributed by atoms with Crippen molar-refractivity contribution in [2.24, 2.45) is 0 Å². The van der Waals surface area contributed by atoms with E-state index in [-0.39, 0.29) is 0 Å². The van der Waals surface area contributed by atoms with Gasteiger partial charge in [0, 0.05) is 0 Å². The molecule has 5 rings (SSSR count). The number of hydrogen-bond acceptors (Lipinski definition) is 4. The van der Waals surface area contributed by atoms with Crippen molar-refractivity contribution in [1.29, 1.82) is 0 Å². The summed E-state index contributed by atoms with van der Waals surface area (Å²) in [4.78, 5) is 7.30. The molecule has 0 aliphatic carbocycles. The average molecular weight is 668 g/mol.